The summed E-state index contributed by atoms with van der Waals surface area (Å²) in [6.07, 6.45) is 0.748. The first-order chi connectivity index (χ1) is 14.6. The van der Waals surface area contributed by atoms with Gasteiger partial charge in [0, 0.05) is 24.6 Å². The zero-order chi connectivity index (χ0) is 20.9. The van der Waals surface area contributed by atoms with Gasteiger partial charge in [-0.15, -0.1) is 0 Å². The minimum Gasteiger partial charge on any atom is -0.486 e. The highest BCUT2D eigenvalue weighted by atomic mass is 16.5. The van der Waals surface area contributed by atoms with Crippen LogP contribution in [0.5, 0.6) is 5.75 Å². The fourth-order valence-corrected chi connectivity index (χ4v) is 3.45. The van der Waals surface area contributed by atoms with Crippen molar-refractivity contribution in [1.29, 1.82) is 0 Å². The van der Waals surface area contributed by atoms with Gasteiger partial charge in [0.25, 0.3) is 0 Å². The Kier molecular flexibility index (Phi) is 5.96. The van der Waals surface area contributed by atoms with Crippen molar-refractivity contribution in [3.8, 4) is 17.1 Å². The predicted octanol–water partition coefficient (Wildman–Crippen LogP) is 5.53. The normalized spacial score (nSPS) is 12.2. The highest BCUT2D eigenvalue weighted by molar-refractivity contribution is 5.80. The molecule has 0 radical (unpaired) electrons. The molecular formula is C26H25NO3. The van der Waals surface area contributed by atoms with Gasteiger partial charge >= 0.3 is 0 Å². The molecule has 1 atom stereocenters. The Morgan fingerprint density at radius 2 is 1.60 bits per heavy atom. The van der Waals surface area contributed by atoms with E-state index in [9.17, 15) is 4.79 Å². The summed E-state index contributed by atoms with van der Waals surface area (Å²) in [4.78, 5) is 14.9. The second-order valence-electron chi connectivity index (χ2n) is 7.61. The van der Waals surface area contributed by atoms with Crippen LogP contribution >= 0.6 is 0 Å². The van der Waals surface area contributed by atoms with E-state index in [1.165, 1.54) is 0 Å². The van der Waals surface area contributed by atoms with E-state index < -0.39 is 0 Å². The molecule has 0 saturated carbocycles. The van der Waals surface area contributed by atoms with Crippen LogP contribution in [0.15, 0.2) is 94.1 Å². The van der Waals surface area contributed by atoms with Gasteiger partial charge in [-0.2, -0.15) is 0 Å². The average molecular weight is 399 g/mol. The van der Waals surface area contributed by atoms with E-state index >= 15 is 0 Å². The van der Waals surface area contributed by atoms with Gasteiger partial charge in [-0.3, -0.25) is 4.79 Å². The topological polar surface area (TPSA) is 42.7 Å². The lowest BCUT2D eigenvalue weighted by molar-refractivity contribution is 0.179. The van der Waals surface area contributed by atoms with Crippen molar-refractivity contribution in [3.05, 3.63) is 101 Å². The van der Waals surface area contributed by atoms with Crippen molar-refractivity contribution in [2.45, 2.75) is 12.5 Å². The second kappa shape index (κ2) is 8.97. The Hall–Kier alpha value is -3.37. The van der Waals surface area contributed by atoms with E-state index in [2.05, 4.69) is 17.0 Å². The molecule has 0 saturated heterocycles. The second-order valence-corrected chi connectivity index (χ2v) is 7.61. The lowest BCUT2D eigenvalue weighted by Crippen LogP contribution is -2.18. The zero-order valence-corrected chi connectivity index (χ0v) is 17.2. The van der Waals surface area contributed by atoms with Crippen molar-refractivity contribution in [2.75, 3.05) is 20.6 Å². The van der Waals surface area contributed by atoms with E-state index in [1.807, 2.05) is 74.8 Å². The Morgan fingerprint density at radius 1 is 0.900 bits per heavy atom. The van der Waals surface area contributed by atoms with Gasteiger partial charge in [0.05, 0.1) is 5.39 Å². The molecule has 4 nitrogen and oxygen atoms in total. The summed E-state index contributed by atoms with van der Waals surface area (Å²) < 4.78 is 12.3. The van der Waals surface area contributed by atoms with Crippen LogP contribution in [-0.2, 0) is 0 Å². The first kappa shape index (κ1) is 19.9. The molecule has 0 aliphatic rings. The molecule has 4 aromatic rings. The predicted molar refractivity (Wildman–Crippen MR) is 121 cm³/mol. The van der Waals surface area contributed by atoms with E-state index in [1.54, 1.807) is 12.1 Å². The Bertz CT molecular complexity index is 1170. The van der Waals surface area contributed by atoms with Gasteiger partial charge < -0.3 is 14.1 Å². The molecule has 30 heavy (non-hydrogen) atoms. The summed E-state index contributed by atoms with van der Waals surface area (Å²) in [5.41, 5.74) is 2.47. The molecule has 3 aromatic carbocycles. The monoisotopic (exact) mass is 399 g/mol. The fraction of sp³-hybridized carbons (Fsp3) is 0.192. The van der Waals surface area contributed by atoms with Gasteiger partial charge in [0.1, 0.15) is 23.2 Å². The van der Waals surface area contributed by atoms with Crippen LogP contribution in [0.2, 0.25) is 0 Å². The molecule has 1 heterocycles. The summed E-state index contributed by atoms with van der Waals surface area (Å²) in [5, 5.41) is 0.520. The van der Waals surface area contributed by atoms with Crippen LogP contribution in [-0.4, -0.2) is 25.5 Å². The molecule has 1 aromatic heterocycles. The van der Waals surface area contributed by atoms with Crippen molar-refractivity contribution >= 4 is 11.0 Å². The third-order valence-corrected chi connectivity index (χ3v) is 5.05. The molecule has 0 aliphatic heterocycles. The van der Waals surface area contributed by atoms with Crippen LogP contribution in [0.4, 0.5) is 0 Å². The van der Waals surface area contributed by atoms with E-state index in [0.717, 1.165) is 24.1 Å². The molecule has 0 amide bonds. The first-order valence-electron chi connectivity index (χ1n) is 10.1. The van der Waals surface area contributed by atoms with Crippen LogP contribution in [0.25, 0.3) is 22.3 Å². The zero-order valence-electron chi connectivity index (χ0n) is 17.2. The minimum atomic E-state index is -0.0957. The molecule has 0 fully saturated rings. The Balaban J connectivity index is 1.65. The van der Waals surface area contributed by atoms with Crippen molar-refractivity contribution < 1.29 is 9.15 Å². The number of ether oxygens (including phenoxy) is 1. The molecule has 0 spiro atoms. The molecular weight excluding hydrogens is 374 g/mol. The standard InChI is InChI=1S/C26H25NO3/c1-27(2)16-15-24(19-9-5-3-6-10-19)29-21-13-14-25-22(17-21)23(28)18-26(30-25)20-11-7-4-8-12-20/h3-14,17-18,24H,15-16H2,1-2H3/t24-/m1/s1. The maximum atomic E-state index is 12.8. The molecule has 0 unspecified atom stereocenters. The summed E-state index contributed by atoms with van der Waals surface area (Å²) >= 11 is 0. The lowest BCUT2D eigenvalue weighted by atomic mass is 10.1. The highest BCUT2D eigenvalue weighted by Gasteiger charge is 2.15. The average Bonchev–Trinajstić information content (AvgIpc) is 2.78. The molecule has 152 valence electrons. The fourth-order valence-electron chi connectivity index (χ4n) is 3.45. The third-order valence-electron chi connectivity index (χ3n) is 5.05. The SMILES string of the molecule is CN(C)CC[C@@H](Oc1ccc2oc(-c3ccccc3)cc(=O)c2c1)c1ccccc1. The number of rotatable bonds is 7. The Morgan fingerprint density at radius 3 is 2.30 bits per heavy atom. The third kappa shape index (κ3) is 4.61. The summed E-state index contributed by atoms with van der Waals surface area (Å²) in [6, 6.07) is 26.8. The number of hydrogen-bond donors (Lipinski definition) is 0. The molecule has 0 bridgehead atoms. The van der Waals surface area contributed by atoms with Crippen molar-refractivity contribution in [1.82, 2.24) is 4.90 Å². The maximum Gasteiger partial charge on any atom is 0.193 e. The van der Waals surface area contributed by atoms with Crippen molar-refractivity contribution in [3.63, 3.8) is 0 Å². The van der Waals surface area contributed by atoms with Gasteiger partial charge in [0.15, 0.2) is 5.43 Å². The first-order valence-corrected chi connectivity index (χ1v) is 10.1. The quantitative estimate of drug-likeness (QED) is 0.410. The minimum absolute atomic E-state index is 0.0786. The maximum absolute atomic E-state index is 12.8. The van der Waals surface area contributed by atoms with Crippen LogP contribution in [0.1, 0.15) is 18.1 Å². The molecule has 0 N–H and O–H groups in total. The number of nitrogens with zero attached hydrogens (tertiary/aromatic N) is 1. The molecule has 0 aliphatic carbocycles. The van der Waals surface area contributed by atoms with Crippen LogP contribution in [0.3, 0.4) is 0 Å². The summed E-state index contributed by atoms with van der Waals surface area (Å²) in [5.74, 6) is 1.23. The lowest BCUT2D eigenvalue weighted by Gasteiger charge is -2.21. The Labute approximate surface area is 176 Å². The largest absolute Gasteiger partial charge is 0.486 e. The number of benzene rings is 3. The van der Waals surface area contributed by atoms with Crippen LogP contribution in [0, 0.1) is 0 Å². The van der Waals surface area contributed by atoms with Crippen molar-refractivity contribution in [2.24, 2.45) is 0 Å². The van der Waals surface area contributed by atoms with Gasteiger partial charge in [-0.1, -0.05) is 60.7 Å². The number of fused-ring (bicyclic) bond motifs is 1. The van der Waals surface area contributed by atoms with Gasteiger partial charge in [-0.05, 0) is 37.9 Å². The van der Waals surface area contributed by atoms with E-state index in [0.29, 0.717) is 22.5 Å². The van der Waals surface area contributed by atoms with Gasteiger partial charge in [0.2, 0.25) is 0 Å². The van der Waals surface area contributed by atoms with E-state index in [4.69, 9.17) is 9.15 Å². The smallest absolute Gasteiger partial charge is 0.193 e. The van der Waals surface area contributed by atoms with E-state index in [-0.39, 0.29) is 11.5 Å². The molecule has 4 heteroatoms. The summed E-state index contributed by atoms with van der Waals surface area (Å²) in [6.45, 7) is 0.899. The highest BCUT2D eigenvalue weighted by Crippen LogP contribution is 2.28. The summed E-state index contributed by atoms with van der Waals surface area (Å²) in [7, 11) is 4.10. The van der Waals surface area contributed by atoms with Gasteiger partial charge in [-0.25, -0.2) is 0 Å². The molecule has 4 rings (SSSR count). The number of hydrogen-bond acceptors (Lipinski definition) is 4. The van der Waals surface area contributed by atoms with Crippen LogP contribution < -0.4 is 10.2 Å².